The Morgan fingerprint density at radius 1 is 0.903 bits per heavy atom. The maximum Gasteiger partial charge on any atom is 0.514 e. The van der Waals surface area contributed by atoms with Gasteiger partial charge in [0.25, 0.3) is 0 Å². The summed E-state index contributed by atoms with van der Waals surface area (Å²) in [5.74, 6) is 0.144. The molecular formula is C22H26N2O7. The van der Waals surface area contributed by atoms with Crippen LogP contribution in [0.1, 0.15) is 32.8 Å². The number of ether oxygens (including phenoxy) is 4. The van der Waals surface area contributed by atoms with E-state index >= 15 is 0 Å². The monoisotopic (exact) mass is 430 g/mol. The van der Waals surface area contributed by atoms with Gasteiger partial charge in [0.2, 0.25) is 0 Å². The second kappa shape index (κ2) is 10.9. The predicted molar refractivity (Wildman–Crippen MR) is 113 cm³/mol. The van der Waals surface area contributed by atoms with Crippen LogP contribution >= 0.6 is 0 Å². The molecular weight excluding hydrogens is 404 g/mol. The Labute approximate surface area is 180 Å². The zero-order chi connectivity index (χ0) is 22.9. The second-order valence-electron chi connectivity index (χ2n) is 7.51. The standard InChI is InChI=1S/C22H26N2O7/c1-22(2,3)31-20(26)24-13-12-19(25)29-17-8-4-15(5-9-17)14-28-21(27)30-18-10-6-16(23)7-11-18/h4-11H,12-14,23H2,1-3H3,(H,24,26). The van der Waals surface area contributed by atoms with Gasteiger partial charge in [0.05, 0.1) is 6.42 Å². The van der Waals surface area contributed by atoms with E-state index in [0.717, 1.165) is 0 Å². The van der Waals surface area contributed by atoms with Gasteiger partial charge in [0.15, 0.2) is 0 Å². The maximum atomic E-state index is 11.9. The van der Waals surface area contributed by atoms with E-state index in [1.165, 1.54) is 0 Å². The maximum absolute atomic E-state index is 11.9. The van der Waals surface area contributed by atoms with Crippen LogP contribution in [-0.4, -0.2) is 30.4 Å². The third-order valence-electron chi connectivity index (χ3n) is 3.59. The molecule has 0 aliphatic heterocycles. The van der Waals surface area contributed by atoms with Crippen molar-refractivity contribution in [2.24, 2.45) is 0 Å². The lowest BCUT2D eigenvalue weighted by Crippen LogP contribution is -2.34. The molecule has 0 aromatic heterocycles. The Balaban J connectivity index is 1.70. The zero-order valence-electron chi connectivity index (χ0n) is 17.7. The van der Waals surface area contributed by atoms with Crippen LogP contribution in [0.25, 0.3) is 0 Å². The minimum Gasteiger partial charge on any atom is -0.444 e. The lowest BCUT2D eigenvalue weighted by atomic mass is 10.2. The largest absolute Gasteiger partial charge is 0.514 e. The lowest BCUT2D eigenvalue weighted by Gasteiger charge is -2.19. The highest BCUT2D eigenvalue weighted by atomic mass is 16.7. The number of hydrogen-bond donors (Lipinski definition) is 2. The molecule has 0 heterocycles. The van der Waals surface area contributed by atoms with Crippen LogP contribution in [0.3, 0.4) is 0 Å². The molecule has 1 amide bonds. The first-order chi connectivity index (χ1) is 14.6. The first-order valence-electron chi connectivity index (χ1n) is 9.57. The van der Waals surface area contributed by atoms with Crippen LogP contribution in [-0.2, 0) is 20.9 Å². The number of amides is 1. The summed E-state index contributed by atoms with van der Waals surface area (Å²) < 4.78 is 20.3. The van der Waals surface area contributed by atoms with Gasteiger partial charge in [0, 0.05) is 12.2 Å². The molecule has 2 aromatic rings. The molecule has 3 N–H and O–H groups in total. The normalized spacial score (nSPS) is 10.7. The quantitative estimate of drug-likeness (QED) is 0.294. The van der Waals surface area contributed by atoms with Gasteiger partial charge in [-0.2, -0.15) is 0 Å². The number of esters is 1. The number of rotatable bonds is 7. The van der Waals surface area contributed by atoms with Gasteiger partial charge in [-0.3, -0.25) is 4.79 Å². The minimum absolute atomic E-state index is 0.0121. The molecule has 0 aliphatic rings. The molecule has 0 bridgehead atoms. The van der Waals surface area contributed by atoms with Crippen LogP contribution in [0.2, 0.25) is 0 Å². The second-order valence-corrected chi connectivity index (χ2v) is 7.51. The Bertz CT molecular complexity index is 888. The molecule has 0 unspecified atom stereocenters. The molecule has 0 aliphatic carbocycles. The van der Waals surface area contributed by atoms with Gasteiger partial charge in [0.1, 0.15) is 23.7 Å². The van der Waals surface area contributed by atoms with Crippen LogP contribution in [0.4, 0.5) is 15.3 Å². The molecule has 9 heteroatoms. The first kappa shape index (κ1) is 23.5. The number of anilines is 1. The van der Waals surface area contributed by atoms with Crippen molar-refractivity contribution >= 4 is 23.9 Å². The topological polar surface area (TPSA) is 126 Å². The van der Waals surface area contributed by atoms with E-state index in [1.54, 1.807) is 69.3 Å². The number of hydrogen-bond acceptors (Lipinski definition) is 8. The van der Waals surface area contributed by atoms with Crippen LogP contribution in [0.15, 0.2) is 48.5 Å². The average molecular weight is 430 g/mol. The Hall–Kier alpha value is -3.75. The summed E-state index contributed by atoms with van der Waals surface area (Å²) in [5, 5.41) is 2.48. The van der Waals surface area contributed by atoms with Crippen molar-refractivity contribution in [1.29, 1.82) is 0 Å². The third-order valence-corrected chi connectivity index (χ3v) is 3.59. The van der Waals surface area contributed by atoms with Crippen molar-refractivity contribution in [2.75, 3.05) is 12.3 Å². The molecule has 2 aromatic carbocycles. The summed E-state index contributed by atoms with van der Waals surface area (Å²) >= 11 is 0. The summed E-state index contributed by atoms with van der Waals surface area (Å²) in [5.41, 5.74) is 6.19. The highest BCUT2D eigenvalue weighted by molar-refractivity contribution is 5.74. The van der Waals surface area contributed by atoms with E-state index in [9.17, 15) is 14.4 Å². The molecule has 9 nitrogen and oxygen atoms in total. The third kappa shape index (κ3) is 9.53. The molecule has 31 heavy (non-hydrogen) atoms. The zero-order valence-corrected chi connectivity index (χ0v) is 17.7. The van der Waals surface area contributed by atoms with Gasteiger partial charge in [-0.25, -0.2) is 9.59 Å². The van der Waals surface area contributed by atoms with Crippen molar-refractivity contribution in [3.05, 3.63) is 54.1 Å². The number of nitrogens with one attached hydrogen (secondary N) is 1. The van der Waals surface area contributed by atoms with Crippen molar-refractivity contribution in [1.82, 2.24) is 5.32 Å². The number of nitrogen functional groups attached to an aromatic ring is 1. The van der Waals surface area contributed by atoms with Crippen LogP contribution < -0.4 is 20.5 Å². The van der Waals surface area contributed by atoms with E-state index in [0.29, 0.717) is 22.7 Å². The fourth-order valence-electron chi connectivity index (χ4n) is 2.22. The highest BCUT2D eigenvalue weighted by Gasteiger charge is 2.16. The molecule has 0 radical (unpaired) electrons. The van der Waals surface area contributed by atoms with Gasteiger partial charge in [-0.1, -0.05) is 12.1 Å². The lowest BCUT2D eigenvalue weighted by molar-refractivity contribution is -0.134. The van der Waals surface area contributed by atoms with Gasteiger partial charge < -0.3 is 30.0 Å². The van der Waals surface area contributed by atoms with Crippen molar-refractivity contribution in [2.45, 2.75) is 39.4 Å². The van der Waals surface area contributed by atoms with E-state index in [4.69, 9.17) is 24.7 Å². The first-order valence-corrected chi connectivity index (χ1v) is 9.57. The van der Waals surface area contributed by atoms with Crippen molar-refractivity contribution in [3.8, 4) is 11.5 Å². The summed E-state index contributed by atoms with van der Waals surface area (Å²) in [6, 6.07) is 12.8. The molecule has 0 fully saturated rings. The molecule has 2 rings (SSSR count). The molecule has 0 atom stereocenters. The Kier molecular flexibility index (Phi) is 8.25. The summed E-state index contributed by atoms with van der Waals surface area (Å²) in [6.45, 7) is 5.33. The van der Waals surface area contributed by atoms with Crippen LogP contribution in [0.5, 0.6) is 11.5 Å². The SMILES string of the molecule is CC(C)(C)OC(=O)NCCC(=O)Oc1ccc(COC(=O)Oc2ccc(N)cc2)cc1. The van der Waals surface area contributed by atoms with Gasteiger partial charge in [-0.05, 0) is 62.7 Å². The number of benzene rings is 2. The highest BCUT2D eigenvalue weighted by Crippen LogP contribution is 2.16. The molecule has 166 valence electrons. The predicted octanol–water partition coefficient (Wildman–Crippen LogP) is 3.80. The molecule has 0 saturated heterocycles. The fourth-order valence-corrected chi connectivity index (χ4v) is 2.22. The summed E-state index contributed by atoms with van der Waals surface area (Å²) in [6.07, 6.45) is -1.46. The number of carbonyl (C=O) groups excluding carboxylic acids is 3. The van der Waals surface area contributed by atoms with Gasteiger partial charge in [-0.15, -0.1) is 0 Å². The van der Waals surface area contributed by atoms with Crippen molar-refractivity contribution < 1.29 is 33.3 Å². The number of nitrogens with two attached hydrogens (primary N) is 1. The summed E-state index contributed by atoms with van der Waals surface area (Å²) in [7, 11) is 0. The molecule has 0 spiro atoms. The van der Waals surface area contributed by atoms with Crippen molar-refractivity contribution in [3.63, 3.8) is 0 Å². The van der Waals surface area contributed by atoms with E-state index in [2.05, 4.69) is 5.32 Å². The van der Waals surface area contributed by atoms with Crippen LogP contribution in [0, 0.1) is 0 Å². The number of alkyl carbamates (subject to hydrolysis) is 1. The fraction of sp³-hybridized carbons (Fsp3) is 0.318. The number of carbonyl (C=O) groups is 3. The van der Waals surface area contributed by atoms with E-state index < -0.39 is 23.8 Å². The van der Waals surface area contributed by atoms with Gasteiger partial charge >= 0.3 is 18.2 Å². The molecule has 0 saturated carbocycles. The smallest absolute Gasteiger partial charge is 0.444 e. The minimum atomic E-state index is -0.849. The summed E-state index contributed by atoms with van der Waals surface area (Å²) in [4.78, 5) is 35.1. The average Bonchev–Trinajstić information content (AvgIpc) is 2.68. The van der Waals surface area contributed by atoms with E-state index in [1.807, 2.05) is 0 Å². The van der Waals surface area contributed by atoms with E-state index in [-0.39, 0.29) is 19.6 Å². The Morgan fingerprint density at radius 3 is 2.10 bits per heavy atom. The Morgan fingerprint density at radius 2 is 1.48 bits per heavy atom.